The molecule has 0 fully saturated rings. The summed E-state index contributed by atoms with van der Waals surface area (Å²) in [5.41, 5.74) is 8.18. The van der Waals surface area contributed by atoms with Crippen molar-refractivity contribution in [1.82, 2.24) is 9.88 Å². The summed E-state index contributed by atoms with van der Waals surface area (Å²) in [6.45, 7) is 0.693. The lowest BCUT2D eigenvalue weighted by molar-refractivity contribution is 0.498. The Kier molecular flexibility index (Phi) is 2.78. The van der Waals surface area contributed by atoms with Gasteiger partial charge in [-0.1, -0.05) is 0 Å². The van der Waals surface area contributed by atoms with E-state index >= 15 is 0 Å². The summed E-state index contributed by atoms with van der Waals surface area (Å²) in [6.07, 6.45) is 0. The third-order valence-electron chi connectivity index (χ3n) is 1.26. The zero-order chi connectivity index (χ0) is 8.27. The zero-order valence-corrected chi connectivity index (χ0v) is 7.78. The van der Waals surface area contributed by atoms with E-state index in [-0.39, 0.29) is 0 Å². The molecule has 5 heteroatoms. The van der Waals surface area contributed by atoms with E-state index in [1.54, 1.807) is 21.7 Å². The molecule has 0 saturated heterocycles. The molecule has 1 aromatic heterocycles. The summed E-state index contributed by atoms with van der Waals surface area (Å²) in [5, 5.41) is 2.38. The van der Waals surface area contributed by atoms with Crippen LogP contribution in [0.4, 0.5) is 0 Å². The molecule has 0 aliphatic rings. The van der Waals surface area contributed by atoms with Crippen LogP contribution in [-0.4, -0.2) is 22.0 Å². The van der Waals surface area contributed by atoms with Gasteiger partial charge in [-0.3, -0.25) is 0 Å². The van der Waals surface area contributed by atoms with Crippen molar-refractivity contribution in [3.8, 4) is 0 Å². The fourth-order valence-corrected chi connectivity index (χ4v) is 1.25. The van der Waals surface area contributed by atoms with Gasteiger partial charge in [-0.25, -0.2) is 4.98 Å². The van der Waals surface area contributed by atoms with Crippen molar-refractivity contribution in [2.24, 2.45) is 5.73 Å². The molecule has 3 nitrogen and oxygen atoms in total. The molecule has 0 saturated carbocycles. The molecule has 60 valence electrons. The van der Waals surface area contributed by atoms with E-state index in [9.17, 15) is 0 Å². The van der Waals surface area contributed by atoms with Crippen molar-refractivity contribution in [3.63, 3.8) is 0 Å². The van der Waals surface area contributed by atoms with E-state index in [4.69, 9.17) is 18.0 Å². The highest BCUT2D eigenvalue weighted by Crippen LogP contribution is 2.03. The number of nitrogens with two attached hydrogens (primary N) is 1. The van der Waals surface area contributed by atoms with Crippen LogP contribution < -0.4 is 5.73 Å². The number of nitrogens with zero attached hydrogens (tertiary/aromatic N) is 2. The molecule has 0 amide bonds. The first-order chi connectivity index (χ1) is 5.20. The van der Waals surface area contributed by atoms with Crippen LogP contribution in [0.3, 0.4) is 0 Å². The molecule has 1 rings (SSSR count). The third-order valence-corrected chi connectivity index (χ3v) is 2.21. The Morgan fingerprint density at radius 3 is 3.09 bits per heavy atom. The van der Waals surface area contributed by atoms with Crippen molar-refractivity contribution in [2.45, 2.75) is 6.54 Å². The van der Waals surface area contributed by atoms with Crippen LogP contribution in [0.25, 0.3) is 0 Å². The van der Waals surface area contributed by atoms with E-state index in [0.29, 0.717) is 11.7 Å². The zero-order valence-electron chi connectivity index (χ0n) is 6.15. The minimum Gasteiger partial charge on any atom is -0.376 e. The van der Waals surface area contributed by atoms with Crippen molar-refractivity contribution >= 4 is 28.7 Å². The largest absolute Gasteiger partial charge is 0.376 e. The lowest BCUT2D eigenvalue weighted by Gasteiger charge is -2.14. The number of thiocarbonyl (C=S) groups is 1. The predicted molar refractivity (Wildman–Crippen MR) is 50.4 cm³/mol. The maximum Gasteiger partial charge on any atom is 0.166 e. The summed E-state index contributed by atoms with van der Waals surface area (Å²) < 4.78 is 0. The Morgan fingerprint density at radius 1 is 1.91 bits per heavy atom. The second-order valence-corrected chi connectivity index (χ2v) is 3.31. The molecule has 1 heterocycles. The minimum atomic E-state index is 0.401. The normalized spacial score (nSPS) is 9.55. The van der Waals surface area contributed by atoms with Crippen molar-refractivity contribution in [3.05, 3.63) is 16.6 Å². The van der Waals surface area contributed by atoms with Crippen LogP contribution in [0.2, 0.25) is 0 Å². The highest BCUT2D eigenvalue weighted by molar-refractivity contribution is 7.80. The molecule has 11 heavy (non-hydrogen) atoms. The maximum absolute atomic E-state index is 5.39. The van der Waals surface area contributed by atoms with Gasteiger partial charge in [0.05, 0.1) is 17.7 Å². The average molecular weight is 187 g/mol. The molecule has 0 aliphatic carbocycles. The van der Waals surface area contributed by atoms with Crippen molar-refractivity contribution < 1.29 is 0 Å². The van der Waals surface area contributed by atoms with Crippen LogP contribution >= 0.6 is 23.6 Å². The van der Waals surface area contributed by atoms with Gasteiger partial charge >= 0.3 is 0 Å². The topological polar surface area (TPSA) is 42.2 Å². The summed E-state index contributed by atoms with van der Waals surface area (Å²) in [5.74, 6) is 0. The Hall–Kier alpha value is -0.680. The van der Waals surface area contributed by atoms with E-state index in [0.717, 1.165) is 5.69 Å². The molecule has 0 atom stereocenters. The van der Waals surface area contributed by atoms with Crippen LogP contribution in [0.15, 0.2) is 10.9 Å². The monoisotopic (exact) mass is 187 g/mol. The van der Waals surface area contributed by atoms with E-state index < -0.39 is 0 Å². The molecular weight excluding hydrogens is 178 g/mol. The highest BCUT2D eigenvalue weighted by Gasteiger charge is 2.01. The van der Waals surface area contributed by atoms with Gasteiger partial charge < -0.3 is 10.6 Å². The molecule has 0 unspecified atom stereocenters. The van der Waals surface area contributed by atoms with E-state index in [1.807, 2.05) is 12.4 Å². The third kappa shape index (κ3) is 2.44. The molecule has 0 bridgehead atoms. The van der Waals surface area contributed by atoms with Crippen molar-refractivity contribution in [1.29, 1.82) is 0 Å². The molecular formula is C6H9N3S2. The van der Waals surface area contributed by atoms with Gasteiger partial charge in [-0.15, -0.1) is 11.3 Å². The molecule has 0 radical (unpaired) electrons. The average Bonchev–Trinajstić information content (AvgIpc) is 2.39. The Labute approximate surface area is 74.8 Å². The molecule has 2 N–H and O–H groups in total. The molecule has 0 aromatic carbocycles. The van der Waals surface area contributed by atoms with Gasteiger partial charge in [-0.2, -0.15) is 0 Å². The second-order valence-electron chi connectivity index (χ2n) is 2.17. The summed E-state index contributed by atoms with van der Waals surface area (Å²) in [7, 11) is 1.85. The minimum absolute atomic E-state index is 0.401. The van der Waals surface area contributed by atoms with Crippen LogP contribution in [0, 0.1) is 0 Å². The van der Waals surface area contributed by atoms with Gasteiger partial charge in [0.1, 0.15) is 0 Å². The first kappa shape index (κ1) is 8.42. The van der Waals surface area contributed by atoms with E-state index in [1.165, 1.54) is 0 Å². The number of thiazole rings is 1. The second kappa shape index (κ2) is 3.64. The number of hydrogen-bond donors (Lipinski definition) is 1. The quantitative estimate of drug-likeness (QED) is 0.696. The van der Waals surface area contributed by atoms with Gasteiger partial charge in [0.25, 0.3) is 0 Å². The number of hydrogen-bond acceptors (Lipinski definition) is 3. The van der Waals surface area contributed by atoms with Gasteiger partial charge in [0.15, 0.2) is 5.11 Å². The Morgan fingerprint density at radius 2 is 2.64 bits per heavy atom. The predicted octanol–water partition coefficient (Wildman–Crippen LogP) is 0.819. The summed E-state index contributed by atoms with van der Waals surface area (Å²) in [6, 6.07) is 0. The van der Waals surface area contributed by atoms with Gasteiger partial charge in [0.2, 0.25) is 0 Å². The SMILES string of the molecule is CN(Cc1cscn1)C(N)=S. The first-order valence-corrected chi connectivity index (χ1v) is 4.43. The smallest absolute Gasteiger partial charge is 0.166 e. The Balaban J connectivity index is 2.50. The fraction of sp³-hybridized carbons (Fsp3) is 0.333. The van der Waals surface area contributed by atoms with Gasteiger partial charge in [0, 0.05) is 12.4 Å². The lowest BCUT2D eigenvalue weighted by atomic mass is 10.5. The molecule has 0 spiro atoms. The summed E-state index contributed by atoms with van der Waals surface area (Å²) in [4.78, 5) is 5.88. The van der Waals surface area contributed by atoms with Crippen LogP contribution in [-0.2, 0) is 6.54 Å². The van der Waals surface area contributed by atoms with Gasteiger partial charge in [-0.05, 0) is 12.2 Å². The van der Waals surface area contributed by atoms with Crippen LogP contribution in [0.1, 0.15) is 5.69 Å². The highest BCUT2D eigenvalue weighted by atomic mass is 32.1. The van der Waals surface area contributed by atoms with E-state index in [2.05, 4.69) is 4.98 Å². The fourth-order valence-electron chi connectivity index (χ4n) is 0.637. The van der Waals surface area contributed by atoms with Crippen molar-refractivity contribution in [2.75, 3.05) is 7.05 Å². The lowest BCUT2D eigenvalue weighted by Crippen LogP contribution is -2.31. The Bertz CT molecular complexity index is 232. The molecule has 1 aromatic rings. The summed E-state index contributed by atoms with van der Waals surface area (Å²) >= 11 is 6.34. The van der Waals surface area contributed by atoms with Crippen LogP contribution in [0.5, 0.6) is 0 Å². The first-order valence-electron chi connectivity index (χ1n) is 3.08. The number of rotatable bonds is 2. The number of aromatic nitrogens is 1. The standard InChI is InChI=1S/C6H9N3S2/c1-9(6(7)10)2-5-3-11-4-8-5/h3-4H,2H2,1H3,(H2,7,10). The molecule has 0 aliphatic heterocycles. The maximum atomic E-state index is 5.39.